The Morgan fingerprint density at radius 2 is 1.95 bits per heavy atom. The van der Waals surface area contributed by atoms with Gasteiger partial charge in [-0.15, -0.1) is 0 Å². The van der Waals surface area contributed by atoms with Crippen LogP contribution in [-0.4, -0.2) is 31.0 Å². The molecule has 1 rings (SSSR count). The minimum absolute atomic E-state index is 0.0823. The van der Waals surface area contributed by atoms with Crippen LogP contribution in [0.3, 0.4) is 0 Å². The van der Waals surface area contributed by atoms with E-state index < -0.39 is 0 Å². The highest BCUT2D eigenvalue weighted by molar-refractivity contribution is 5.43. The number of nitrogens with one attached hydrogen (secondary N) is 1. The first kappa shape index (κ1) is 16.8. The van der Waals surface area contributed by atoms with Crippen molar-refractivity contribution in [1.82, 2.24) is 5.32 Å². The molecule has 0 aliphatic heterocycles. The lowest BCUT2D eigenvalue weighted by Gasteiger charge is -2.21. The van der Waals surface area contributed by atoms with E-state index in [1.807, 2.05) is 25.1 Å². The van der Waals surface area contributed by atoms with Gasteiger partial charge in [0, 0.05) is 24.6 Å². The van der Waals surface area contributed by atoms with Crippen LogP contribution in [0.5, 0.6) is 11.5 Å². The lowest BCUT2D eigenvalue weighted by Crippen LogP contribution is -2.35. The quantitative estimate of drug-likeness (QED) is 0.806. The van der Waals surface area contributed by atoms with Crippen molar-refractivity contribution >= 4 is 0 Å². The third-order valence-corrected chi connectivity index (χ3v) is 2.89. The van der Waals surface area contributed by atoms with E-state index in [1.54, 1.807) is 7.11 Å². The van der Waals surface area contributed by atoms with Gasteiger partial charge in [-0.25, -0.2) is 0 Å². The monoisotopic (exact) mass is 281 g/mol. The second-order valence-corrected chi connectivity index (χ2v) is 6.19. The summed E-state index contributed by atoms with van der Waals surface area (Å²) in [6.07, 6.45) is 0. The summed E-state index contributed by atoms with van der Waals surface area (Å²) in [6.45, 7) is 9.73. The number of rotatable bonds is 7. The Balaban J connectivity index is 2.70. The van der Waals surface area contributed by atoms with E-state index >= 15 is 0 Å². The number of hydrogen-bond acceptors (Lipinski definition) is 4. The summed E-state index contributed by atoms with van der Waals surface area (Å²) in [5.41, 5.74) is 1.23. The first-order chi connectivity index (χ1) is 9.35. The van der Waals surface area contributed by atoms with Crippen LogP contribution in [0.2, 0.25) is 0 Å². The molecule has 114 valence electrons. The van der Waals surface area contributed by atoms with E-state index in [2.05, 4.69) is 26.1 Å². The molecule has 4 nitrogen and oxygen atoms in total. The minimum Gasteiger partial charge on any atom is -0.493 e. The van der Waals surface area contributed by atoms with Crippen LogP contribution >= 0.6 is 0 Å². The SMILES string of the molecule is COc1cc(CNC(C)(C)C)ccc1OCC(C)CO. The molecule has 1 unspecified atom stereocenters. The predicted octanol–water partition coefficient (Wildman–Crippen LogP) is 2.59. The van der Waals surface area contributed by atoms with Crippen LogP contribution in [0.15, 0.2) is 18.2 Å². The second kappa shape index (κ2) is 7.50. The average Bonchev–Trinajstić information content (AvgIpc) is 2.41. The lowest BCUT2D eigenvalue weighted by molar-refractivity contribution is 0.171. The summed E-state index contributed by atoms with van der Waals surface area (Å²) in [6, 6.07) is 5.93. The van der Waals surface area contributed by atoms with E-state index in [-0.39, 0.29) is 18.1 Å². The third kappa shape index (κ3) is 5.80. The van der Waals surface area contributed by atoms with Crippen molar-refractivity contribution in [1.29, 1.82) is 0 Å². The molecule has 2 N–H and O–H groups in total. The van der Waals surface area contributed by atoms with Crippen molar-refractivity contribution in [3.05, 3.63) is 23.8 Å². The fourth-order valence-electron chi connectivity index (χ4n) is 1.59. The van der Waals surface area contributed by atoms with Crippen molar-refractivity contribution < 1.29 is 14.6 Å². The molecule has 0 aromatic heterocycles. The first-order valence-corrected chi connectivity index (χ1v) is 7.01. The third-order valence-electron chi connectivity index (χ3n) is 2.89. The highest BCUT2D eigenvalue weighted by atomic mass is 16.5. The molecule has 20 heavy (non-hydrogen) atoms. The molecule has 0 heterocycles. The fourth-order valence-corrected chi connectivity index (χ4v) is 1.59. The molecule has 1 aromatic carbocycles. The smallest absolute Gasteiger partial charge is 0.161 e. The van der Waals surface area contributed by atoms with Crippen LogP contribution in [0.4, 0.5) is 0 Å². The summed E-state index contributed by atoms with van der Waals surface area (Å²) < 4.78 is 11.0. The van der Waals surface area contributed by atoms with Gasteiger partial charge in [0.05, 0.1) is 13.7 Å². The zero-order valence-corrected chi connectivity index (χ0v) is 13.2. The summed E-state index contributed by atoms with van der Waals surface area (Å²) in [5, 5.41) is 12.4. The van der Waals surface area contributed by atoms with Crippen LogP contribution in [0.1, 0.15) is 33.3 Å². The predicted molar refractivity (Wildman–Crippen MR) is 81.3 cm³/mol. The molecule has 0 fully saturated rings. The van der Waals surface area contributed by atoms with Crippen LogP contribution in [0.25, 0.3) is 0 Å². The molecule has 0 amide bonds. The number of aliphatic hydroxyl groups is 1. The molecular formula is C16H27NO3. The van der Waals surface area contributed by atoms with E-state index in [4.69, 9.17) is 14.6 Å². The van der Waals surface area contributed by atoms with Gasteiger partial charge < -0.3 is 19.9 Å². The molecule has 0 aliphatic carbocycles. The molecule has 0 bridgehead atoms. The summed E-state index contributed by atoms with van der Waals surface area (Å²) in [4.78, 5) is 0. The normalized spacial score (nSPS) is 13.1. The Kier molecular flexibility index (Phi) is 6.30. The van der Waals surface area contributed by atoms with Crippen LogP contribution in [0, 0.1) is 5.92 Å². The molecule has 1 atom stereocenters. The van der Waals surface area contributed by atoms with Gasteiger partial charge in [-0.05, 0) is 38.5 Å². The highest BCUT2D eigenvalue weighted by Crippen LogP contribution is 2.28. The zero-order valence-electron chi connectivity index (χ0n) is 13.2. The van der Waals surface area contributed by atoms with Crippen molar-refractivity contribution in [2.45, 2.75) is 39.8 Å². The number of ether oxygens (including phenoxy) is 2. The van der Waals surface area contributed by atoms with Gasteiger partial charge in [-0.3, -0.25) is 0 Å². The van der Waals surface area contributed by atoms with Gasteiger partial charge in [0.1, 0.15) is 0 Å². The van der Waals surface area contributed by atoms with Gasteiger partial charge in [0.25, 0.3) is 0 Å². The average molecular weight is 281 g/mol. The Morgan fingerprint density at radius 1 is 1.25 bits per heavy atom. The molecule has 0 radical (unpaired) electrons. The Bertz CT molecular complexity index is 413. The maximum atomic E-state index is 9.01. The Labute approximate surface area is 122 Å². The van der Waals surface area contributed by atoms with Crippen LogP contribution < -0.4 is 14.8 Å². The van der Waals surface area contributed by atoms with Crippen molar-refractivity contribution in [2.75, 3.05) is 20.3 Å². The molecule has 4 heteroatoms. The van der Waals surface area contributed by atoms with Gasteiger partial charge in [-0.2, -0.15) is 0 Å². The number of benzene rings is 1. The number of hydrogen-bond donors (Lipinski definition) is 2. The standard InChI is InChI=1S/C16H27NO3/c1-12(10-18)11-20-14-7-6-13(8-15(14)19-5)9-17-16(2,3)4/h6-8,12,17-18H,9-11H2,1-5H3. The fraction of sp³-hybridized carbons (Fsp3) is 0.625. The molecular weight excluding hydrogens is 254 g/mol. The Morgan fingerprint density at radius 3 is 2.50 bits per heavy atom. The van der Waals surface area contributed by atoms with Crippen molar-refractivity contribution in [3.8, 4) is 11.5 Å². The number of methoxy groups -OCH3 is 1. The summed E-state index contributed by atoms with van der Waals surface area (Å²) in [7, 11) is 1.64. The van der Waals surface area contributed by atoms with Gasteiger partial charge in [0.15, 0.2) is 11.5 Å². The Hall–Kier alpha value is -1.26. The van der Waals surface area contributed by atoms with Crippen molar-refractivity contribution in [2.24, 2.45) is 5.92 Å². The topological polar surface area (TPSA) is 50.7 Å². The highest BCUT2D eigenvalue weighted by Gasteiger charge is 2.11. The largest absolute Gasteiger partial charge is 0.493 e. The summed E-state index contributed by atoms with van der Waals surface area (Å²) >= 11 is 0. The molecule has 0 saturated carbocycles. The van der Waals surface area contributed by atoms with Gasteiger partial charge >= 0.3 is 0 Å². The first-order valence-electron chi connectivity index (χ1n) is 7.01. The van der Waals surface area contributed by atoms with E-state index in [9.17, 15) is 0 Å². The van der Waals surface area contributed by atoms with E-state index in [0.29, 0.717) is 12.4 Å². The van der Waals surface area contributed by atoms with E-state index in [1.165, 1.54) is 0 Å². The maximum absolute atomic E-state index is 9.01. The van der Waals surface area contributed by atoms with Gasteiger partial charge in [0.2, 0.25) is 0 Å². The molecule has 1 aromatic rings. The molecule has 0 aliphatic rings. The second-order valence-electron chi connectivity index (χ2n) is 6.19. The van der Waals surface area contributed by atoms with Crippen LogP contribution in [-0.2, 0) is 6.54 Å². The minimum atomic E-state index is 0.0823. The van der Waals surface area contributed by atoms with E-state index in [0.717, 1.165) is 17.9 Å². The lowest BCUT2D eigenvalue weighted by atomic mass is 10.1. The molecule has 0 spiro atoms. The van der Waals surface area contributed by atoms with Crippen molar-refractivity contribution in [3.63, 3.8) is 0 Å². The zero-order chi connectivity index (χ0) is 15.2. The number of aliphatic hydroxyl groups excluding tert-OH is 1. The summed E-state index contributed by atoms with van der Waals surface area (Å²) in [5.74, 6) is 1.55. The maximum Gasteiger partial charge on any atom is 0.161 e. The molecule has 0 saturated heterocycles. The van der Waals surface area contributed by atoms with Gasteiger partial charge in [-0.1, -0.05) is 13.0 Å².